The van der Waals surface area contributed by atoms with E-state index in [0.29, 0.717) is 0 Å². The number of hydrogen-bond acceptors (Lipinski definition) is 3. The number of para-hydroxylation sites is 2. The first-order chi connectivity index (χ1) is 37.7. The van der Waals surface area contributed by atoms with Crippen molar-refractivity contribution >= 4 is 70.5 Å². The highest BCUT2D eigenvalue weighted by molar-refractivity contribution is 7.25. The number of hydrogen-bond donors (Lipinski definition) is 0. The third-order valence-corrected chi connectivity index (χ3v) is 16.9. The maximum atomic E-state index is 6.33. The standard InChI is InChI=1S/C73H47NOS/c1-3-19-54(20-4-1)73(55-21-5-2-6-22-55)65-28-11-7-24-60(65)64-46-51(38-44-66(64)73)50-17-15-18-53(45-50)58-23-8-12-29-67(58)74(56-39-33-48(34-40-56)52-37-43-62-61-25-10-14-32-70(61)76-71(62)47-52)57-41-35-49(36-42-57)59-27-16-31-69-72(59)63-26-9-13-30-68(63)75-69/h1-47H. The summed E-state index contributed by atoms with van der Waals surface area (Å²) in [6.07, 6.45) is 0. The van der Waals surface area contributed by atoms with Crippen LogP contribution in [0.3, 0.4) is 0 Å². The first kappa shape index (κ1) is 44.0. The summed E-state index contributed by atoms with van der Waals surface area (Å²) in [7, 11) is 0. The Morgan fingerprint density at radius 2 is 0.842 bits per heavy atom. The van der Waals surface area contributed by atoms with Crippen LogP contribution in [0.1, 0.15) is 22.3 Å². The van der Waals surface area contributed by atoms with E-state index in [9.17, 15) is 0 Å². The van der Waals surface area contributed by atoms with Gasteiger partial charge in [0.25, 0.3) is 0 Å². The summed E-state index contributed by atoms with van der Waals surface area (Å²) >= 11 is 1.86. The van der Waals surface area contributed by atoms with E-state index in [-0.39, 0.29) is 0 Å². The minimum atomic E-state index is -0.443. The van der Waals surface area contributed by atoms with E-state index < -0.39 is 5.41 Å². The van der Waals surface area contributed by atoms with Gasteiger partial charge in [-0.05, 0) is 139 Å². The number of fused-ring (bicyclic) bond motifs is 9. The number of anilines is 3. The Morgan fingerprint density at radius 3 is 1.63 bits per heavy atom. The van der Waals surface area contributed by atoms with Crippen LogP contribution in [0, 0.1) is 0 Å². The molecule has 15 rings (SSSR count). The fourth-order valence-corrected chi connectivity index (χ4v) is 13.5. The normalized spacial score (nSPS) is 12.6. The molecular formula is C73H47NOS. The lowest BCUT2D eigenvalue weighted by Crippen LogP contribution is -2.28. The van der Waals surface area contributed by atoms with Crippen LogP contribution in [0.5, 0.6) is 0 Å². The third kappa shape index (κ3) is 7.01. The van der Waals surface area contributed by atoms with E-state index in [1.807, 2.05) is 23.5 Å². The van der Waals surface area contributed by atoms with Gasteiger partial charge in [-0.1, -0.05) is 218 Å². The van der Waals surface area contributed by atoms with Gasteiger partial charge in [0.2, 0.25) is 0 Å². The largest absolute Gasteiger partial charge is 0.456 e. The molecule has 0 fully saturated rings. The lowest BCUT2D eigenvalue weighted by molar-refractivity contribution is 0.669. The molecular weight excluding hydrogens is 939 g/mol. The summed E-state index contributed by atoms with van der Waals surface area (Å²) in [5.41, 5.74) is 21.6. The molecule has 0 bridgehead atoms. The van der Waals surface area contributed by atoms with Crippen LogP contribution < -0.4 is 4.90 Å². The predicted molar refractivity (Wildman–Crippen MR) is 320 cm³/mol. The Kier molecular flexibility index (Phi) is 10.3. The van der Waals surface area contributed by atoms with Crippen molar-refractivity contribution in [3.05, 3.63) is 307 Å². The zero-order valence-corrected chi connectivity index (χ0v) is 42.2. The van der Waals surface area contributed by atoms with Gasteiger partial charge >= 0.3 is 0 Å². The summed E-state index contributed by atoms with van der Waals surface area (Å²) in [5, 5.41) is 4.88. The van der Waals surface area contributed by atoms with Crippen molar-refractivity contribution in [3.63, 3.8) is 0 Å². The molecule has 0 spiro atoms. The Hall–Kier alpha value is -9.54. The van der Waals surface area contributed by atoms with Gasteiger partial charge in [0.15, 0.2) is 0 Å². The maximum absolute atomic E-state index is 6.33. The molecule has 1 aliphatic rings. The quantitative estimate of drug-likeness (QED) is 0.143. The van der Waals surface area contributed by atoms with Crippen LogP contribution in [0.2, 0.25) is 0 Å². The van der Waals surface area contributed by atoms with E-state index in [2.05, 4.69) is 278 Å². The monoisotopic (exact) mass is 985 g/mol. The second-order valence-electron chi connectivity index (χ2n) is 19.9. The molecule has 356 valence electrons. The molecule has 1 aliphatic carbocycles. The van der Waals surface area contributed by atoms with Crippen molar-refractivity contribution in [2.75, 3.05) is 4.90 Å². The van der Waals surface area contributed by atoms with E-state index in [0.717, 1.165) is 61.3 Å². The molecule has 0 atom stereocenters. The molecule has 3 heteroatoms. The second kappa shape index (κ2) is 17.8. The Bertz CT molecular complexity index is 4470. The smallest absolute Gasteiger partial charge is 0.136 e. The van der Waals surface area contributed by atoms with Gasteiger partial charge in [-0.25, -0.2) is 0 Å². The van der Waals surface area contributed by atoms with Crippen molar-refractivity contribution in [2.45, 2.75) is 5.41 Å². The van der Waals surface area contributed by atoms with E-state index >= 15 is 0 Å². The molecule has 0 N–H and O–H groups in total. The van der Waals surface area contributed by atoms with Gasteiger partial charge in [-0.2, -0.15) is 0 Å². The average Bonchev–Trinajstić information content (AvgIpc) is 4.18. The van der Waals surface area contributed by atoms with E-state index in [1.54, 1.807) is 0 Å². The summed E-state index contributed by atoms with van der Waals surface area (Å²) in [5.74, 6) is 0. The summed E-state index contributed by atoms with van der Waals surface area (Å²) in [6, 6.07) is 105. The third-order valence-electron chi connectivity index (χ3n) is 15.8. The topological polar surface area (TPSA) is 16.4 Å². The zero-order chi connectivity index (χ0) is 50.2. The highest BCUT2D eigenvalue weighted by atomic mass is 32.1. The Balaban J connectivity index is 0.845. The van der Waals surface area contributed by atoms with E-state index in [4.69, 9.17) is 4.42 Å². The summed E-state index contributed by atoms with van der Waals surface area (Å²) < 4.78 is 8.95. The highest BCUT2D eigenvalue weighted by Crippen LogP contribution is 2.57. The highest BCUT2D eigenvalue weighted by Gasteiger charge is 2.46. The fraction of sp³-hybridized carbons (Fsp3) is 0.0137. The van der Waals surface area contributed by atoms with Crippen molar-refractivity contribution in [1.82, 2.24) is 0 Å². The van der Waals surface area contributed by atoms with Crippen molar-refractivity contribution < 1.29 is 4.42 Å². The average molecular weight is 986 g/mol. The molecule has 2 nitrogen and oxygen atoms in total. The first-order valence-corrected chi connectivity index (χ1v) is 26.9. The molecule has 76 heavy (non-hydrogen) atoms. The summed E-state index contributed by atoms with van der Waals surface area (Å²) in [6.45, 7) is 0. The van der Waals surface area contributed by atoms with Crippen LogP contribution >= 0.6 is 11.3 Å². The zero-order valence-electron chi connectivity index (χ0n) is 41.4. The van der Waals surface area contributed by atoms with Gasteiger partial charge in [0.1, 0.15) is 11.2 Å². The number of rotatable bonds is 9. The lowest BCUT2D eigenvalue weighted by atomic mass is 9.67. The molecule has 0 amide bonds. The van der Waals surface area contributed by atoms with Crippen LogP contribution in [-0.4, -0.2) is 0 Å². The molecule has 2 aromatic heterocycles. The minimum Gasteiger partial charge on any atom is -0.456 e. The molecule has 0 unspecified atom stereocenters. The van der Waals surface area contributed by atoms with Gasteiger partial charge in [-0.15, -0.1) is 11.3 Å². The fourth-order valence-electron chi connectivity index (χ4n) is 12.3. The number of furan rings is 1. The predicted octanol–water partition coefficient (Wildman–Crippen LogP) is 20.5. The second-order valence-corrected chi connectivity index (χ2v) is 21.0. The Morgan fingerprint density at radius 1 is 0.303 bits per heavy atom. The number of nitrogens with zero attached hydrogens (tertiary/aromatic N) is 1. The van der Waals surface area contributed by atoms with E-state index in [1.165, 1.54) is 75.8 Å². The van der Waals surface area contributed by atoms with Crippen LogP contribution in [0.25, 0.3) is 97.7 Å². The van der Waals surface area contributed by atoms with Gasteiger partial charge in [-0.3, -0.25) is 0 Å². The number of benzene rings is 12. The SMILES string of the molecule is c1ccc(C2(c3ccccc3)c3ccccc3-c3cc(-c4cccc(-c5ccccc5N(c5ccc(-c6ccc7c(c6)sc6ccccc67)cc5)c5ccc(-c6cccc7oc8ccccc8c67)cc5)c4)ccc32)cc1. The molecule has 2 heterocycles. The summed E-state index contributed by atoms with van der Waals surface area (Å²) in [4.78, 5) is 2.41. The molecule has 12 aromatic carbocycles. The van der Waals surface area contributed by atoms with Crippen molar-refractivity contribution in [3.8, 4) is 55.6 Å². The minimum absolute atomic E-state index is 0.443. The van der Waals surface area contributed by atoms with Crippen molar-refractivity contribution in [2.24, 2.45) is 0 Å². The van der Waals surface area contributed by atoms with Crippen LogP contribution in [0.15, 0.2) is 290 Å². The molecule has 14 aromatic rings. The van der Waals surface area contributed by atoms with Crippen LogP contribution in [-0.2, 0) is 5.41 Å². The molecule has 0 saturated heterocycles. The van der Waals surface area contributed by atoms with Crippen molar-refractivity contribution in [1.29, 1.82) is 0 Å². The maximum Gasteiger partial charge on any atom is 0.136 e. The van der Waals surface area contributed by atoms with Gasteiger partial charge in [0, 0.05) is 47.9 Å². The van der Waals surface area contributed by atoms with Gasteiger partial charge < -0.3 is 9.32 Å². The first-order valence-electron chi connectivity index (χ1n) is 26.1. The van der Waals surface area contributed by atoms with Gasteiger partial charge in [0.05, 0.1) is 11.1 Å². The molecule has 0 aliphatic heterocycles. The number of thiophene rings is 1. The molecule has 0 saturated carbocycles. The Labute approximate surface area is 445 Å². The molecule has 0 radical (unpaired) electrons. The van der Waals surface area contributed by atoms with Crippen LogP contribution in [0.4, 0.5) is 17.1 Å². The lowest BCUT2D eigenvalue weighted by Gasteiger charge is -2.33.